The molecule has 5 aromatic rings. The molecule has 1 aliphatic heterocycles. The van der Waals surface area contributed by atoms with E-state index in [9.17, 15) is 19.8 Å². The Balaban J connectivity index is 1.36. The van der Waals surface area contributed by atoms with Gasteiger partial charge in [-0.2, -0.15) is 4.98 Å². The maximum atomic E-state index is 12.8. The SMILES string of the molecule is COc1ccc(C(OC[C@H]2O[C@@H](n3cnc4c(=O)[nH]c(NC(=O)C(C)C)nc43)[C@@H](O)C2O)(c2ccccc2)c2ccc(OC)cc2)cc1. The van der Waals surface area contributed by atoms with Crippen LogP contribution in [0.2, 0.25) is 0 Å². The summed E-state index contributed by atoms with van der Waals surface area (Å²) >= 11 is 0. The largest absolute Gasteiger partial charge is 0.497 e. The number of methoxy groups -OCH3 is 2. The number of hydrogen-bond donors (Lipinski definition) is 4. The molecule has 48 heavy (non-hydrogen) atoms. The fourth-order valence-electron chi connectivity index (χ4n) is 5.81. The Hall–Kier alpha value is -5.08. The first-order chi connectivity index (χ1) is 23.2. The van der Waals surface area contributed by atoms with E-state index in [1.54, 1.807) is 28.1 Å². The van der Waals surface area contributed by atoms with E-state index >= 15 is 0 Å². The highest BCUT2D eigenvalue weighted by molar-refractivity contribution is 5.91. The summed E-state index contributed by atoms with van der Waals surface area (Å²) in [6, 6.07) is 24.7. The van der Waals surface area contributed by atoms with Gasteiger partial charge in [-0.25, -0.2) is 4.98 Å². The topological polar surface area (TPSA) is 170 Å². The molecule has 13 nitrogen and oxygen atoms in total. The smallest absolute Gasteiger partial charge is 0.280 e. The summed E-state index contributed by atoms with van der Waals surface area (Å²) in [6.45, 7) is 3.26. The zero-order valence-corrected chi connectivity index (χ0v) is 26.9. The number of hydrogen-bond acceptors (Lipinski definition) is 10. The Kier molecular flexibility index (Phi) is 9.29. The van der Waals surface area contributed by atoms with Gasteiger partial charge in [-0.3, -0.25) is 24.5 Å². The van der Waals surface area contributed by atoms with E-state index in [0.717, 1.165) is 16.7 Å². The molecule has 4 N–H and O–H groups in total. The monoisotopic (exact) mass is 655 g/mol. The van der Waals surface area contributed by atoms with Crippen LogP contribution in [0.5, 0.6) is 11.5 Å². The van der Waals surface area contributed by atoms with Crippen LogP contribution in [0, 0.1) is 5.92 Å². The number of aliphatic hydroxyl groups excluding tert-OH is 2. The van der Waals surface area contributed by atoms with Gasteiger partial charge in [-0.15, -0.1) is 0 Å². The molecule has 1 saturated heterocycles. The lowest BCUT2D eigenvalue weighted by atomic mass is 9.80. The summed E-state index contributed by atoms with van der Waals surface area (Å²) in [5.74, 6) is 0.563. The van der Waals surface area contributed by atoms with Crippen molar-refractivity contribution in [3.05, 3.63) is 112 Å². The number of fused-ring (bicyclic) bond motifs is 1. The number of benzene rings is 3. The van der Waals surface area contributed by atoms with Crippen molar-refractivity contribution in [2.24, 2.45) is 5.92 Å². The third kappa shape index (κ3) is 6.04. The maximum absolute atomic E-state index is 12.8. The summed E-state index contributed by atoms with van der Waals surface area (Å²) in [6.07, 6.45) is -3.69. The molecule has 4 atom stereocenters. The highest BCUT2D eigenvalue weighted by Gasteiger charge is 2.47. The Bertz CT molecular complexity index is 1880. The summed E-state index contributed by atoms with van der Waals surface area (Å²) in [5.41, 5.74) is 0.637. The number of ether oxygens (including phenoxy) is 4. The van der Waals surface area contributed by atoms with Gasteiger partial charge in [-0.05, 0) is 41.0 Å². The molecule has 0 spiro atoms. The standard InChI is InChI=1S/C35H37N5O8/c1-20(2)31(43)38-34-37-30-27(32(44)39-34)36-19-40(30)33-29(42)28(41)26(48-33)18-47-35(21-8-6-5-7-9-21,22-10-14-24(45-3)15-11-22)23-12-16-25(46-4)17-13-23/h5-17,19-20,26,28-29,33,41-42H,18H2,1-4H3,(H2,37,38,39,43,44)/t26-,28?,29+,33-/m1/s1. The maximum Gasteiger partial charge on any atom is 0.280 e. The van der Waals surface area contributed by atoms with Crippen LogP contribution in [0.15, 0.2) is 90.0 Å². The van der Waals surface area contributed by atoms with E-state index in [1.807, 2.05) is 78.9 Å². The quantitative estimate of drug-likeness (QED) is 0.155. The molecule has 3 aromatic carbocycles. The van der Waals surface area contributed by atoms with Crippen molar-refractivity contribution in [2.75, 3.05) is 26.1 Å². The summed E-state index contributed by atoms with van der Waals surface area (Å²) in [5, 5.41) is 25.1. The molecule has 1 unspecified atom stereocenters. The number of amides is 1. The number of carbonyl (C=O) groups excluding carboxylic acids is 1. The molecule has 13 heteroatoms. The number of H-pyrrole nitrogens is 1. The molecular weight excluding hydrogens is 618 g/mol. The normalized spacial score (nSPS) is 19.5. The van der Waals surface area contributed by atoms with Crippen LogP contribution < -0.4 is 20.3 Å². The fraction of sp³-hybridized carbons (Fsp3) is 0.314. The minimum absolute atomic E-state index is 0.0235. The van der Waals surface area contributed by atoms with Gasteiger partial charge in [0, 0.05) is 5.92 Å². The Morgan fingerprint density at radius 1 is 0.938 bits per heavy atom. The minimum Gasteiger partial charge on any atom is -0.497 e. The van der Waals surface area contributed by atoms with Gasteiger partial charge in [0.1, 0.15) is 35.4 Å². The van der Waals surface area contributed by atoms with Crippen LogP contribution in [0.1, 0.15) is 36.8 Å². The highest BCUT2D eigenvalue weighted by Crippen LogP contribution is 2.43. The van der Waals surface area contributed by atoms with E-state index in [2.05, 4.69) is 20.3 Å². The molecule has 1 fully saturated rings. The summed E-state index contributed by atoms with van der Waals surface area (Å²) in [4.78, 5) is 36.1. The number of imidazole rings is 1. The lowest BCUT2D eigenvalue weighted by molar-refractivity contribution is -0.118. The second-order valence-corrected chi connectivity index (χ2v) is 11.7. The molecule has 250 valence electrons. The highest BCUT2D eigenvalue weighted by atomic mass is 16.6. The third-order valence-corrected chi connectivity index (χ3v) is 8.45. The molecule has 2 aromatic heterocycles. The Morgan fingerprint density at radius 3 is 2.08 bits per heavy atom. The van der Waals surface area contributed by atoms with Crippen molar-refractivity contribution < 1.29 is 34.0 Å². The molecule has 6 rings (SSSR count). The lowest BCUT2D eigenvalue weighted by Gasteiger charge is -2.37. The van der Waals surface area contributed by atoms with E-state index in [4.69, 9.17) is 18.9 Å². The molecule has 0 radical (unpaired) electrons. The molecule has 1 aliphatic rings. The van der Waals surface area contributed by atoms with E-state index in [1.165, 1.54) is 10.9 Å². The minimum atomic E-state index is -1.43. The van der Waals surface area contributed by atoms with Crippen molar-refractivity contribution >= 4 is 23.0 Å². The first-order valence-corrected chi connectivity index (χ1v) is 15.4. The van der Waals surface area contributed by atoms with Gasteiger partial charge in [-0.1, -0.05) is 68.4 Å². The van der Waals surface area contributed by atoms with Gasteiger partial charge in [0.2, 0.25) is 11.9 Å². The van der Waals surface area contributed by atoms with Gasteiger partial charge in [0.25, 0.3) is 5.56 Å². The number of anilines is 1. The van der Waals surface area contributed by atoms with E-state index in [-0.39, 0.29) is 35.5 Å². The molecule has 0 bridgehead atoms. The number of aromatic amines is 1. The van der Waals surface area contributed by atoms with Gasteiger partial charge < -0.3 is 29.2 Å². The van der Waals surface area contributed by atoms with Gasteiger partial charge in [0.05, 0.1) is 27.2 Å². The predicted molar refractivity (Wildman–Crippen MR) is 176 cm³/mol. The molecule has 1 amide bonds. The van der Waals surface area contributed by atoms with Gasteiger partial charge in [0.15, 0.2) is 17.4 Å². The second-order valence-electron chi connectivity index (χ2n) is 11.7. The van der Waals surface area contributed by atoms with Crippen LogP contribution >= 0.6 is 0 Å². The molecule has 0 aliphatic carbocycles. The second kappa shape index (κ2) is 13.6. The first kappa shape index (κ1) is 32.8. The number of aliphatic hydroxyl groups is 2. The predicted octanol–water partition coefficient (Wildman–Crippen LogP) is 3.36. The van der Waals surface area contributed by atoms with Crippen molar-refractivity contribution in [3.63, 3.8) is 0 Å². The number of carbonyl (C=O) groups is 1. The van der Waals surface area contributed by atoms with Crippen LogP contribution in [-0.4, -0.2) is 74.8 Å². The molecular formula is C35H37N5O8. The van der Waals surface area contributed by atoms with E-state index < -0.39 is 35.7 Å². The number of aromatic nitrogens is 4. The van der Waals surface area contributed by atoms with Crippen molar-refractivity contribution in [2.45, 2.75) is 44.0 Å². The number of nitrogens with one attached hydrogen (secondary N) is 2. The lowest BCUT2D eigenvalue weighted by Crippen LogP contribution is -2.39. The molecule has 0 saturated carbocycles. The van der Waals surface area contributed by atoms with Gasteiger partial charge >= 0.3 is 0 Å². The zero-order valence-electron chi connectivity index (χ0n) is 26.9. The van der Waals surface area contributed by atoms with Crippen molar-refractivity contribution in [1.82, 2.24) is 19.5 Å². The number of rotatable bonds is 11. The first-order valence-electron chi connectivity index (χ1n) is 15.4. The van der Waals surface area contributed by atoms with Crippen LogP contribution in [0.3, 0.4) is 0 Å². The fourth-order valence-corrected chi connectivity index (χ4v) is 5.81. The summed E-state index contributed by atoms with van der Waals surface area (Å²) in [7, 11) is 3.19. The Morgan fingerprint density at radius 2 is 1.52 bits per heavy atom. The average Bonchev–Trinajstić information content (AvgIpc) is 3.66. The van der Waals surface area contributed by atoms with Crippen LogP contribution in [0.4, 0.5) is 5.95 Å². The molecule has 3 heterocycles. The van der Waals surface area contributed by atoms with Crippen LogP contribution in [0.25, 0.3) is 11.2 Å². The third-order valence-electron chi connectivity index (χ3n) is 8.45. The van der Waals surface area contributed by atoms with E-state index in [0.29, 0.717) is 11.5 Å². The average molecular weight is 656 g/mol. The van der Waals surface area contributed by atoms with Crippen LogP contribution in [-0.2, 0) is 19.9 Å². The van der Waals surface area contributed by atoms with Crippen molar-refractivity contribution in [3.8, 4) is 11.5 Å². The zero-order chi connectivity index (χ0) is 34.0. The summed E-state index contributed by atoms with van der Waals surface area (Å²) < 4.78 is 25.3. The Labute approximate surface area is 276 Å². The number of nitrogens with zero attached hydrogens (tertiary/aromatic N) is 3. The van der Waals surface area contributed by atoms with Crippen molar-refractivity contribution in [1.29, 1.82) is 0 Å².